The van der Waals surface area contributed by atoms with Crippen LogP contribution < -0.4 is 0 Å². The van der Waals surface area contributed by atoms with E-state index in [0.29, 0.717) is 12.5 Å². The standard InChI is InChI=1S/C10H23NO/c1-4-6-11(7-5-2)8-10(3)9-12/h10,12H,4-9H2,1-3H3. The van der Waals surface area contributed by atoms with Gasteiger partial charge in [0.15, 0.2) is 0 Å². The molecule has 0 radical (unpaired) electrons. The van der Waals surface area contributed by atoms with Crippen LogP contribution in [0, 0.1) is 5.92 Å². The van der Waals surface area contributed by atoms with E-state index in [4.69, 9.17) is 5.11 Å². The molecule has 0 heterocycles. The number of aliphatic hydroxyl groups excluding tert-OH is 1. The number of hydrogen-bond acceptors (Lipinski definition) is 2. The second-order valence-electron chi connectivity index (χ2n) is 3.59. The third kappa shape index (κ3) is 5.56. The van der Waals surface area contributed by atoms with Gasteiger partial charge in [-0.2, -0.15) is 0 Å². The minimum absolute atomic E-state index is 0.309. The van der Waals surface area contributed by atoms with E-state index < -0.39 is 0 Å². The van der Waals surface area contributed by atoms with E-state index in [0.717, 1.165) is 19.6 Å². The van der Waals surface area contributed by atoms with Crippen molar-refractivity contribution < 1.29 is 5.11 Å². The maximum atomic E-state index is 8.89. The Balaban J connectivity index is 3.61. The van der Waals surface area contributed by atoms with Gasteiger partial charge in [-0.1, -0.05) is 20.8 Å². The van der Waals surface area contributed by atoms with Gasteiger partial charge in [0.2, 0.25) is 0 Å². The van der Waals surface area contributed by atoms with Crippen molar-refractivity contribution in [3.05, 3.63) is 0 Å². The SMILES string of the molecule is CCCN(CCC)CC(C)CO. The maximum Gasteiger partial charge on any atom is 0.0468 e. The van der Waals surface area contributed by atoms with Crippen LogP contribution in [0.3, 0.4) is 0 Å². The summed E-state index contributed by atoms with van der Waals surface area (Å²) in [5.41, 5.74) is 0. The molecule has 0 saturated heterocycles. The molecule has 0 aromatic carbocycles. The molecule has 0 amide bonds. The van der Waals surface area contributed by atoms with Gasteiger partial charge in [0, 0.05) is 13.2 Å². The first-order chi connectivity index (χ1) is 5.74. The smallest absolute Gasteiger partial charge is 0.0468 e. The van der Waals surface area contributed by atoms with Gasteiger partial charge in [-0.05, 0) is 31.8 Å². The summed E-state index contributed by atoms with van der Waals surface area (Å²) in [5, 5.41) is 8.89. The molecule has 0 aromatic heterocycles. The van der Waals surface area contributed by atoms with E-state index in [9.17, 15) is 0 Å². The highest BCUT2D eigenvalue weighted by atomic mass is 16.3. The average molecular weight is 173 g/mol. The monoisotopic (exact) mass is 173 g/mol. The van der Waals surface area contributed by atoms with Crippen molar-refractivity contribution in [2.24, 2.45) is 5.92 Å². The number of hydrogen-bond donors (Lipinski definition) is 1. The summed E-state index contributed by atoms with van der Waals surface area (Å²) in [5.74, 6) is 0.420. The van der Waals surface area contributed by atoms with E-state index in [2.05, 4.69) is 25.7 Å². The normalized spacial score (nSPS) is 13.8. The average Bonchev–Trinajstić information content (AvgIpc) is 2.05. The second-order valence-corrected chi connectivity index (χ2v) is 3.59. The molecular formula is C10H23NO. The van der Waals surface area contributed by atoms with Crippen molar-refractivity contribution in [2.75, 3.05) is 26.2 Å². The van der Waals surface area contributed by atoms with Gasteiger partial charge in [-0.3, -0.25) is 0 Å². The molecule has 2 heteroatoms. The Morgan fingerprint density at radius 1 is 1.17 bits per heavy atom. The van der Waals surface area contributed by atoms with Gasteiger partial charge >= 0.3 is 0 Å². The second kappa shape index (κ2) is 7.56. The van der Waals surface area contributed by atoms with E-state index in [1.807, 2.05) is 0 Å². The third-order valence-electron chi connectivity index (χ3n) is 1.96. The number of nitrogens with zero attached hydrogens (tertiary/aromatic N) is 1. The summed E-state index contributed by atoms with van der Waals surface area (Å²) in [4.78, 5) is 2.43. The van der Waals surface area contributed by atoms with E-state index in [1.54, 1.807) is 0 Å². The lowest BCUT2D eigenvalue weighted by atomic mass is 10.2. The van der Waals surface area contributed by atoms with Crippen LogP contribution in [0.2, 0.25) is 0 Å². The van der Waals surface area contributed by atoms with Gasteiger partial charge in [-0.15, -0.1) is 0 Å². The highest BCUT2D eigenvalue weighted by Gasteiger charge is 2.06. The number of rotatable bonds is 7. The molecule has 0 bridgehead atoms. The molecule has 1 unspecified atom stereocenters. The lowest BCUT2D eigenvalue weighted by Gasteiger charge is -2.23. The first-order valence-electron chi connectivity index (χ1n) is 5.07. The van der Waals surface area contributed by atoms with Gasteiger partial charge in [0.25, 0.3) is 0 Å². The van der Waals surface area contributed by atoms with Gasteiger partial charge in [0.1, 0.15) is 0 Å². The molecule has 1 N–H and O–H groups in total. The zero-order valence-electron chi connectivity index (χ0n) is 8.71. The van der Waals surface area contributed by atoms with E-state index in [1.165, 1.54) is 12.8 Å². The van der Waals surface area contributed by atoms with Crippen LogP contribution in [0.25, 0.3) is 0 Å². The van der Waals surface area contributed by atoms with Crippen molar-refractivity contribution >= 4 is 0 Å². The van der Waals surface area contributed by atoms with Gasteiger partial charge in [0.05, 0.1) is 0 Å². The van der Waals surface area contributed by atoms with Crippen molar-refractivity contribution in [3.63, 3.8) is 0 Å². The summed E-state index contributed by atoms with van der Waals surface area (Å²) in [6, 6.07) is 0. The third-order valence-corrected chi connectivity index (χ3v) is 1.96. The molecule has 0 aliphatic rings. The van der Waals surface area contributed by atoms with E-state index in [-0.39, 0.29) is 0 Å². The summed E-state index contributed by atoms with van der Waals surface area (Å²) >= 11 is 0. The molecule has 12 heavy (non-hydrogen) atoms. The predicted octanol–water partition coefficient (Wildman–Crippen LogP) is 1.74. The van der Waals surface area contributed by atoms with Crippen LogP contribution >= 0.6 is 0 Å². The Kier molecular flexibility index (Phi) is 7.51. The summed E-state index contributed by atoms with van der Waals surface area (Å²) in [6.07, 6.45) is 2.41. The first-order valence-corrected chi connectivity index (χ1v) is 5.07. The Labute approximate surface area is 76.6 Å². The zero-order valence-corrected chi connectivity index (χ0v) is 8.71. The lowest BCUT2D eigenvalue weighted by molar-refractivity contribution is 0.173. The summed E-state index contributed by atoms with van der Waals surface area (Å²) in [7, 11) is 0. The Morgan fingerprint density at radius 3 is 2.00 bits per heavy atom. The first kappa shape index (κ1) is 11.9. The predicted molar refractivity (Wildman–Crippen MR) is 53.3 cm³/mol. The maximum absolute atomic E-state index is 8.89. The molecule has 0 aliphatic carbocycles. The molecule has 1 atom stereocenters. The van der Waals surface area contributed by atoms with E-state index >= 15 is 0 Å². The van der Waals surface area contributed by atoms with Crippen molar-refractivity contribution in [1.29, 1.82) is 0 Å². The van der Waals surface area contributed by atoms with Crippen molar-refractivity contribution in [2.45, 2.75) is 33.6 Å². The summed E-state index contributed by atoms with van der Waals surface area (Å²) in [6.45, 7) is 10.2. The Morgan fingerprint density at radius 2 is 1.67 bits per heavy atom. The zero-order chi connectivity index (χ0) is 9.40. The highest BCUT2D eigenvalue weighted by molar-refractivity contribution is 4.60. The quantitative estimate of drug-likeness (QED) is 0.634. The Hall–Kier alpha value is -0.0800. The van der Waals surface area contributed by atoms with Crippen LogP contribution in [0.15, 0.2) is 0 Å². The van der Waals surface area contributed by atoms with Crippen LogP contribution in [0.5, 0.6) is 0 Å². The molecule has 2 nitrogen and oxygen atoms in total. The molecule has 0 fully saturated rings. The van der Waals surface area contributed by atoms with Crippen LogP contribution in [0.4, 0.5) is 0 Å². The topological polar surface area (TPSA) is 23.5 Å². The van der Waals surface area contributed by atoms with Crippen molar-refractivity contribution in [3.8, 4) is 0 Å². The van der Waals surface area contributed by atoms with Crippen molar-refractivity contribution in [1.82, 2.24) is 4.90 Å². The molecule has 74 valence electrons. The summed E-state index contributed by atoms with van der Waals surface area (Å²) < 4.78 is 0. The fourth-order valence-corrected chi connectivity index (χ4v) is 1.43. The van der Waals surface area contributed by atoms with Crippen LogP contribution in [-0.4, -0.2) is 36.2 Å². The van der Waals surface area contributed by atoms with Crippen LogP contribution in [0.1, 0.15) is 33.6 Å². The van der Waals surface area contributed by atoms with Crippen LogP contribution in [-0.2, 0) is 0 Å². The molecule has 0 spiro atoms. The lowest BCUT2D eigenvalue weighted by Crippen LogP contribution is -2.31. The number of aliphatic hydroxyl groups is 1. The minimum Gasteiger partial charge on any atom is -0.396 e. The fraction of sp³-hybridized carbons (Fsp3) is 1.00. The molecule has 0 aliphatic heterocycles. The minimum atomic E-state index is 0.309. The molecule has 0 saturated carbocycles. The fourth-order valence-electron chi connectivity index (χ4n) is 1.43. The molecular weight excluding hydrogens is 150 g/mol. The highest BCUT2D eigenvalue weighted by Crippen LogP contribution is 2.00. The molecule has 0 rings (SSSR count). The molecule has 0 aromatic rings. The largest absolute Gasteiger partial charge is 0.396 e. The van der Waals surface area contributed by atoms with Gasteiger partial charge in [-0.25, -0.2) is 0 Å². The Bertz CT molecular complexity index is 89.8. The van der Waals surface area contributed by atoms with Gasteiger partial charge < -0.3 is 10.0 Å².